The second-order valence-electron chi connectivity index (χ2n) is 4.57. The average Bonchev–Trinajstić information content (AvgIpc) is 2.41. The molecule has 1 aromatic rings. The molecule has 0 heterocycles. The molecule has 1 unspecified atom stereocenters. The number of ether oxygens (including phenoxy) is 1. The summed E-state index contributed by atoms with van der Waals surface area (Å²) in [6.45, 7) is 8.47. The minimum Gasteiger partial charge on any atom is -0.466 e. The first-order valence-corrected chi connectivity index (χ1v) is 7.14. The van der Waals surface area contributed by atoms with Crippen molar-refractivity contribution in [2.75, 3.05) is 19.7 Å². The van der Waals surface area contributed by atoms with Crippen molar-refractivity contribution < 1.29 is 9.53 Å². The fourth-order valence-electron chi connectivity index (χ4n) is 2.37. The van der Waals surface area contributed by atoms with Crippen LogP contribution >= 0.6 is 0 Å². The maximum atomic E-state index is 11.7. The summed E-state index contributed by atoms with van der Waals surface area (Å²) in [6, 6.07) is 10.5. The minimum absolute atomic E-state index is 0.102. The molecule has 3 heteroatoms. The Morgan fingerprint density at radius 3 is 2.32 bits per heavy atom. The standard InChI is InChI=1S/C16H25NO2/c1-4-17(5-2)15(13-16(18)19-6-3)12-14-10-8-7-9-11-14/h7-11,15H,4-6,12-13H2,1-3H3. The van der Waals surface area contributed by atoms with E-state index in [0.717, 1.165) is 19.5 Å². The molecule has 0 aliphatic heterocycles. The maximum Gasteiger partial charge on any atom is 0.307 e. The van der Waals surface area contributed by atoms with E-state index in [4.69, 9.17) is 4.74 Å². The first-order chi connectivity index (χ1) is 9.21. The highest BCUT2D eigenvalue weighted by molar-refractivity contribution is 5.70. The second-order valence-corrected chi connectivity index (χ2v) is 4.57. The zero-order chi connectivity index (χ0) is 14.1. The molecule has 0 saturated carbocycles. The molecule has 0 N–H and O–H groups in total. The average molecular weight is 263 g/mol. The van der Waals surface area contributed by atoms with E-state index in [1.807, 2.05) is 25.1 Å². The van der Waals surface area contributed by atoms with Crippen LogP contribution in [0.2, 0.25) is 0 Å². The van der Waals surface area contributed by atoms with Crippen LogP contribution in [0, 0.1) is 0 Å². The topological polar surface area (TPSA) is 29.5 Å². The van der Waals surface area contributed by atoms with E-state index >= 15 is 0 Å². The van der Waals surface area contributed by atoms with E-state index < -0.39 is 0 Å². The summed E-state index contributed by atoms with van der Waals surface area (Å²) in [4.78, 5) is 14.1. The number of carbonyl (C=O) groups excluding carboxylic acids is 1. The highest BCUT2D eigenvalue weighted by Crippen LogP contribution is 2.13. The monoisotopic (exact) mass is 263 g/mol. The van der Waals surface area contributed by atoms with Crippen LogP contribution in [0.4, 0.5) is 0 Å². The molecule has 0 aromatic heterocycles. The van der Waals surface area contributed by atoms with Crippen molar-refractivity contribution in [2.45, 2.75) is 39.7 Å². The minimum atomic E-state index is -0.102. The molecule has 1 atom stereocenters. The number of likely N-dealkylation sites (N-methyl/N-ethyl adjacent to an activating group) is 1. The molecule has 19 heavy (non-hydrogen) atoms. The zero-order valence-electron chi connectivity index (χ0n) is 12.3. The molecule has 1 aromatic carbocycles. The van der Waals surface area contributed by atoms with Gasteiger partial charge in [0.1, 0.15) is 0 Å². The van der Waals surface area contributed by atoms with Gasteiger partial charge in [0.05, 0.1) is 13.0 Å². The van der Waals surface area contributed by atoms with E-state index in [1.54, 1.807) is 0 Å². The Balaban J connectivity index is 2.71. The lowest BCUT2D eigenvalue weighted by atomic mass is 10.0. The Kier molecular flexibility index (Phi) is 7.19. The summed E-state index contributed by atoms with van der Waals surface area (Å²) in [5.41, 5.74) is 1.27. The van der Waals surface area contributed by atoms with Gasteiger partial charge in [-0.05, 0) is 32.0 Å². The summed E-state index contributed by atoms with van der Waals surface area (Å²) in [5, 5.41) is 0. The van der Waals surface area contributed by atoms with Crippen molar-refractivity contribution in [2.24, 2.45) is 0 Å². The molecule has 3 nitrogen and oxygen atoms in total. The van der Waals surface area contributed by atoms with Gasteiger partial charge in [0.2, 0.25) is 0 Å². The van der Waals surface area contributed by atoms with E-state index in [1.165, 1.54) is 5.56 Å². The third kappa shape index (κ3) is 5.43. The molecular formula is C16H25NO2. The third-order valence-electron chi connectivity index (χ3n) is 3.35. The summed E-state index contributed by atoms with van der Waals surface area (Å²) in [7, 11) is 0. The molecule has 0 radical (unpaired) electrons. The van der Waals surface area contributed by atoms with Crippen molar-refractivity contribution in [1.29, 1.82) is 0 Å². The van der Waals surface area contributed by atoms with Crippen LogP contribution in [-0.4, -0.2) is 36.6 Å². The van der Waals surface area contributed by atoms with Gasteiger partial charge in [-0.15, -0.1) is 0 Å². The molecule has 0 saturated heterocycles. The largest absolute Gasteiger partial charge is 0.466 e. The normalized spacial score (nSPS) is 12.4. The fraction of sp³-hybridized carbons (Fsp3) is 0.562. The quantitative estimate of drug-likeness (QED) is 0.675. The summed E-state index contributed by atoms with van der Waals surface area (Å²) < 4.78 is 5.08. The van der Waals surface area contributed by atoms with Crippen LogP contribution in [0.3, 0.4) is 0 Å². The zero-order valence-corrected chi connectivity index (χ0v) is 12.3. The van der Waals surface area contributed by atoms with Crippen molar-refractivity contribution in [1.82, 2.24) is 4.90 Å². The maximum absolute atomic E-state index is 11.7. The lowest BCUT2D eigenvalue weighted by molar-refractivity contribution is -0.144. The van der Waals surface area contributed by atoms with Gasteiger partial charge in [0, 0.05) is 6.04 Å². The molecule has 0 amide bonds. The van der Waals surface area contributed by atoms with E-state index in [0.29, 0.717) is 13.0 Å². The van der Waals surface area contributed by atoms with Crippen molar-refractivity contribution in [3.05, 3.63) is 35.9 Å². The van der Waals surface area contributed by atoms with Gasteiger partial charge in [-0.25, -0.2) is 0 Å². The van der Waals surface area contributed by atoms with Gasteiger partial charge in [0.15, 0.2) is 0 Å². The lowest BCUT2D eigenvalue weighted by Crippen LogP contribution is -2.38. The number of hydrogen-bond donors (Lipinski definition) is 0. The van der Waals surface area contributed by atoms with Gasteiger partial charge < -0.3 is 9.64 Å². The summed E-state index contributed by atoms with van der Waals surface area (Å²) in [6.07, 6.45) is 1.35. The molecule has 1 rings (SSSR count). The molecule has 0 bridgehead atoms. The van der Waals surface area contributed by atoms with Crippen LogP contribution in [0.25, 0.3) is 0 Å². The lowest BCUT2D eigenvalue weighted by Gasteiger charge is -2.29. The third-order valence-corrected chi connectivity index (χ3v) is 3.35. The van der Waals surface area contributed by atoms with Crippen LogP contribution < -0.4 is 0 Å². The SMILES string of the molecule is CCOC(=O)CC(Cc1ccccc1)N(CC)CC. The molecule has 0 spiro atoms. The van der Waals surface area contributed by atoms with Crippen molar-refractivity contribution in [3.63, 3.8) is 0 Å². The first kappa shape index (κ1) is 15.7. The van der Waals surface area contributed by atoms with Crippen LogP contribution in [-0.2, 0) is 16.0 Å². The molecular weight excluding hydrogens is 238 g/mol. The highest BCUT2D eigenvalue weighted by Gasteiger charge is 2.20. The Bertz CT molecular complexity index is 360. The van der Waals surface area contributed by atoms with E-state index in [-0.39, 0.29) is 12.0 Å². The Morgan fingerprint density at radius 2 is 1.79 bits per heavy atom. The number of rotatable bonds is 8. The van der Waals surface area contributed by atoms with Crippen molar-refractivity contribution >= 4 is 5.97 Å². The van der Waals surface area contributed by atoms with Crippen molar-refractivity contribution in [3.8, 4) is 0 Å². The van der Waals surface area contributed by atoms with Crippen LogP contribution in [0.1, 0.15) is 32.8 Å². The molecule has 106 valence electrons. The highest BCUT2D eigenvalue weighted by atomic mass is 16.5. The van der Waals surface area contributed by atoms with E-state index in [2.05, 4.69) is 30.9 Å². The van der Waals surface area contributed by atoms with E-state index in [9.17, 15) is 4.79 Å². The predicted octanol–water partition coefficient (Wildman–Crippen LogP) is 2.89. The second kappa shape index (κ2) is 8.70. The Hall–Kier alpha value is -1.35. The predicted molar refractivity (Wildman–Crippen MR) is 78.1 cm³/mol. The van der Waals surface area contributed by atoms with Gasteiger partial charge in [-0.2, -0.15) is 0 Å². The number of nitrogens with zero attached hydrogens (tertiary/aromatic N) is 1. The first-order valence-electron chi connectivity index (χ1n) is 7.14. The molecule has 0 aliphatic carbocycles. The number of benzene rings is 1. The van der Waals surface area contributed by atoms with Gasteiger partial charge in [-0.1, -0.05) is 44.2 Å². The molecule has 0 fully saturated rings. The Labute approximate surface area is 116 Å². The fourth-order valence-corrected chi connectivity index (χ4v) is 2.37. The van der Waals surface area contributed by atoms with Crippen LogP contribution in [0.15, 0.2) is 30.3 Å². The number of carbonyl (C=O) groups is 1. The number of esters is 1. The summed E-state index contributed by atoms with van der Waals surface area (Å²) >= 11 is 0. The van der Waals surface area contributed by atoms with Gasteiger partial charge >= 0.3 is 5.97 Å². The summed E-state index contributed by atoms with van der Waals surface area (Å²) in [5.74, 6) is -0.102. The Morgan fingerprint density at radius 1 is 1.16 bits per heavy atom. The number of hydrogen-bond acceptors (Lipinski definition) is 3. The smallest absolute Gasteiger partial charge is 0.307 e. The van der Waals surface area contributed by atoms with Gasteiger partial charge in [0.25, 0.3) is 0 Å². The molecule has 0 aliphatic rings. The van der Waals surface area contributed by atoms with Gasteiger partial charge in [-0.3, -0.25) is 4.79 Å². The van der Waals surface area contributed by atoms with Crippen LogP contribution in [0.5, 0.6) is 0 Å².